The molecule has 0 N–H and O–H groups in total. The zero-order valence-corrected chi connectivity index (χ0v) is 80.8. The van der Waals surface area contributed by atoms with Crippen LogP contribution >= 0.6 is 34.0 Å². The van der Waals surface area contributed by atoms with Crippen LogP contribution in [0.15, 0.2) is 123 Å². The molecule has 136 heavy (non-hydrogen) atoms. The molecule has 4 amide bonds. The second kappa shape index (κ2) is 42.4. The van der Waals surface area contributed by atoms with Crippen LogP contribution in [0.1, 0.15) is 181 Å². The van der Waals surface area contributed by atoms with Gasteiger partial charge in [0.05, 0.1) is 130 Å². The average Bonchev–Trinajstić information content (AvgIpc) is 1.49. The molecule has 6 fully saturated rings. The van der Waals surface area contributed by atoms with Crippen LogP contribution in [-0.4, -0.2) is 260 Å². The lowest BCUT2D eigenvalue weighted by atomic mass is 9.69. The van der Waals surface area contributed by atoms with Gasteiger partial charge in [-0.1, -0.05) is 54.6 Å². The summed E-state index contributed by atoms with van der Waals surface area (Å²) in [6, 6.07) is 23.0. The molecule has 18 rings (SSSR count). The van der Waals surface area contributed by atoms with Gasteiger partial charge in [-0.2, -0.15) is 0 Å². The summed E-state index contributed by atoms with van der Waals surface area (Å²) < 4.78 is 85.8. The summed E-state index contributed by atoms with van der Waals surface area (Å²) in [5.41, 5.74) is 1.29. The van der Waals surface area contributed by atoms with Gasteiger partial charge in [0.2, 0.25) is 35.4 Å². The van der Waals surface area contributed by atoms with Gasteiger partial charge in [-0.05, 0) is 153 Å². The van der Waals surface area contributed by atoms with Crippen molar-refractivity contribution in [1.29, 1.82) is 0 Å². The molecule has 3 spiro atoms. The fourth-order valence-corrected chi connectivity index (χ4v) is 23.8. The molecule has 34 nitrogen and oxygen atoms in total. The van der Waals surface area contributed by atoms with Crippen LogP contribution in [0.3, 0.4) is 0 Å². The molecule has 3 aromatic carbocycles. The minimum atomic E-state index is -1.42. The maximum atomic E-state index is 14.9. The molecule has 0 unspecified atom stereocenters. The Bertz CT molecular complexity index is 5800. The molecule has 0 aliphatic carbocycles. The molecular formula is C99H115N9O25S3. The number of anilines is 3. The number of hydrogen-bond acceptors (Lipinski definition) is 33. The molecule has 9 aromatic rings. The molecule has 0 bridgehead atoms. The van der Waals surface area contributed by atoms with Crippen LogP contribution in [-0.2, 0) is 71.4 Å². The Hall–Kier alpha value is -11.2. The molecule has 0 saturated carbocycles. The maximum Gasteiger partial charge on any atom is 0.410 e. The van der Waals surface area contributed by atoms with Crippen molar-refractivity contribution in [1.82, 2.24) is 29.7 Å². The van der Waals surface area contributed by atoms with Crippen molar-refractivity contribution in [2.45, 2.75) is 161 Å². The molecule has 6 aromatic heterocycles. The minimum Gasteiger partial charge on any atom is -0.496 e. The largest absolute Gasteiger partial charge is 0.496 e. The van der Waals surface area contributed by atoms with E-state index in [-0.39, 0.29) is 124 Å². The highest BCUT2D eigenvalue weighted by atomic mass is 32.1. The van der Waals surface area contributed by atoms with E-state index in [1.807, 2.05) is 117 Å². The number of esters is 2. The van der Waals surface area contributed by atoms with Crippen LogP contribution in [0.2, 0.25) is 0 Å². The predicted octanol–water partition coefficient (Wildman–Crippen LogP) is 14.7. The third-order valence-corrected chi connectivity index (χ3v) is 31.6. The molecule has 9 aliphatic heterocycles. The number of benzene rings is 3. The Morgan fingerprint density at radius 1 is 0.456 bits per heavy atom. The maximum absolute atomic E-state index is 14.9. The number of hydrogen-bond donors (Lipinski definition) is 0. The lowest BCUT2D eigenvalue weighted by Gasteiger charge is -2.48. The number of likely N-dealkylation sites (tertiary alicyclic amines) is 3. The van der Waals surface area contributed by atoms with E-state index in [0.29, 0.717) is 180 Å². The van der Waals surface area contributed by atoms with E-state index in [4.69, 9.17) is 65.4 Å². The molecule has 724 valence electrons. The molecule has 15 heterocycles. The monoisotopic (exact) mass is 1930 g/mol. The van der Waals surface area contributed by atoms with Gasteiger partial charge in [0.15, 0.2) is 24.0 Å². The first-order chi connectivity index (χ1) is 65.7. The summed E-state index contributed by atoms with van der Waals surface area (Å²) in [7, 11) is 7.42. The summed E-state index contributed by atoms with van der Waals surface area (Å²) in [5, 5.41) is 1.67. The van der Waals surface area contributed by atoms with E-state index >= 15 is 0 Å². The van der Waals surface area contributed by atoms with Gasteiger partial charge in [-0.3, -0.25) is 62.9 Å². The number of carbonyl (C=O) groups is 10. The highest BCUT2D eigenvalue weighted by molar-refractivity contribution is 7.21. The van der Waals surface area contributed by atoms with E-state index < -0.39 is 58.8 Å². The third-order valence-electron chi connectivity index (χ3n) is 27.7. The number of Topliss-reactive ketones (excluding diaryl/α,β-unsaturated/α-hetero) is 4. The van der Waals surface area contributed by atoms with E-state index in [0.717, 1.165) is 58.4 Å². The highest BCUT2D eigenvalue weighted by Crippen LogP contribution is 2.57. The van der Waals surface area contributed by atoms with Gasteiger partial charge in [0, 0.05) is 95.6 Å². The highest BCUT2D eigenvalue weighted by Gasteiger charge is 2.61. The van der Waals surface area contributed by atoms with Gasteiger partial charge in [0.1, 0.15) is 96.9 Å². The van der Waals surface area contributed by atoms with E-state index in [9.17, 15) is 47.9 Å². The number of oxazole rings is 3. The Morgan fingerprint density at radius 3 is 1.08 bits per heavy atom. The second-order valence-corrected chi connectivity index (χ2v) is 38.9. The van der Waals surface area contributed by atoms with Crippen molar-refractivity contribution < 1.29 is 118 Å². The van der Waals surface area contributed by atoms with Crippen molar-refractivity contribution >= 4 is 108 Å². The molecule has 6 saturated heterocycles. The first kappa shape index (κ1) is 97.8. The fraction of sp³-hybridized carbons (Fsp3) is 0.505. The van der Waals surface area contributed by atoms with Gasteiger partial charge in [-0.15, -0.1) is 34.0 Å². The van der Waals surface area contributed by atoms with E-state index in [2.05, 4.69) is 19.7 Å². The second-order valence-electron chi connectivity index (χ2n) is 35.9. The quantitative estimate of drug-likeness (QED) is 0.0262. The van der Waals surface area contributed by atoms with Crippen LogP contribution in [0.5, 0.6) is 17.2 Å². The zero-order chi connectivity index (χ0) is 95.9. The Labute approximate surface area is 799 Å². The number of thiophene rings is 3. The number of nitrogens with zero attached hydrogens (tertiary/aromatic N) is 9. The van der Waals surface area contributed by atoms with Gasteiger partial charge in [-0.25, -0.2) is 24.5 Å². The van der Waals surface area contributed by atoms with Crippen LogP contribution in [0, 0.1) is 37.0 Å². The number of ether oxygens (including phenoxy) is 12. The summed E-state index contributed by atoms with van der Waals surface area (Å²) >= 11 is 3.97. The van der Waals surface area contributed by atoms with Crippen molar-refractivity contribution in [3.05, 3.63) is 160 Å². The first-order valence-corrected chi connectivity index (χ1v) is 48.5. The van der Waals surface area contributed by atoms with Gasteiger partial charge >= 0.3 is 18.0 Å². The standard InChI is InChI=1S/C34H41N3O8S.C33H37N3O10S.C32H37N3O7S/c1-21-26-28(38)34(12-15-36(16-13-34)33(2,3)32(40)42-5)31(39)37(30(26)46-27(21)29-35-14-19-44-29)20-25(45-22-10-17-43-18-11-22)23-8-6-7-9-24(23)41-4;1-20-26-28(38)33(10-13-35(14-11-33)32(40)45-19-25(37)42-3)31(39)36(30(26)47-27(20)29-34-12-17-44-29)18-24(46-21-8-15-43-16-9-21)22-6-4-5-7-23(22)41-2;1-20(36)18-34-13-10-32(11-14-34)28(37)26-21(2)27(29-33-12-17-41-29)43-30(26)35(31(32)38)19-25(42-22-8-15-40-16-9-22)23-6-4-5-7-24(23)39-3/h6-9,14,19,22,25H,10-13,15-18,20H2,1-5H3;4-7,12,17,21,24H,8-11,13-16,18-19H2,1-3H3;4-7,12,17,22,25H,8-11,13-16,18-19H2,1-3H3/t25-;24-;25-/m000/s1. The van der Waals surface area contributed by atoms with Crippen molar-refractivity contribution in [2.75, 3.05) is 162 Å². The number of para-hydroxylation sites is 3. The molecular weight excluding hydrogens is 1810 g/mol. The minimum absolute atomic E-state index is 0.0404. The predicted molar refractivity (Wildman–Crippen MR) is 500 cm³/mol. The average molecular weight is 1930 g/mol. The summed E-state index contributed by atoms with van der Waals surface area (Å²) in [6.07, 6.45) is 12.4. The van der Waals surface area contributed by atoms with Crippen LogP contribution in [0.4, 0.5) is 19.8 Å². The van der Waals surface area contributed by atoms with E-state index in [1.165, 1.54) is 78.1 Å². The zero-order valence-electron chi connectivity index (χ0n) is 78.3. The van der Waals surface area contributed by atoms with Gasteiger partial charge in [0.25, 0.3) is 0 Å². The van der Waals surface area contributed by atoms with Crippen molar-refractivity contribution in [2.24, 2.45) is 16.2 Å². The van der Waals surface area contributed by atoms with Crippen LogP contribution < -0.4 is 28.9 Å². The smallest absolute Gasteiger partial charge is 0.410 e. The molecule has 0 radical (unpaired) electrons. The number of carbonyl (C=O) groups excluding carboxylic acids is 10. The molecule has 3 atom stereocenters. The number of aromatic nitrogens is 3. The molecule has 9 aliphatic rings. The van der Waals surface area contributed by atoms with Crippen molar-refractivity contribution in [3.8, 4) is 49.6 Å². The lowest BCUT2D eigenvalue weighted by molar-refractivity contribution is -0.155. The topological polar surface area (TPSA) is 379 Å². The van der Waals surface area contributed by atoms with E-state index in [1.54, 1.807) is 55.3 Å². The number of fused-ring (bicyclic) bond motifs is 3. The number of rotatable bonds is 27. The fourth-order valence-electron chi connectivity index (χ4n) is 20.0. The Balaban J connectivity index is 0.000000148. The lowest BCUT2D eigenvalue weighted by Crippen LogP contribution is -2.61. The third kappa shape index (κ3) is 19.5. The number of piperidine rings is 3. The van der Waals surface area contributed by atoms with Gasteiger partial charge < -0.3 is 75.0 Å². The first-order valence-electron chi connectivity index (χ1n) is 46.0. The SMILES string of the molecule is COC(=O)C(C)(C)N1CCC2(CC1)C(=O)c1c(sc(-c3ncco3)c1C)N(C[C@H](OC1CCOCC1)c1ccccc1OC)C2=O.COC(=O)COC(=O)N1CCC2(CC1)C(=O)c1c(sc(-c3ncco3)c1C)N(C[C@H](OC1CCOCC1)c1ccccc1OC)C2=O.COc1ccccc1[C@H](CN1C(=O)C2(CCN(CC(C)=O)CC2)C(=O)c2c1sc(-c1ncco1)c2C)OC1CCOCC1. The number of methoxy groups -OCH3 is 5. The number of ketones is 4. The van der Waals surface area contributed by atoms with Crippen LogP contribution in [0.25, 0.3) is 32.3 Å². The summed E-state index contributed by atoms with van der Waals surface area (Å²) in [6.45, 7) is 16.6. The summed E-state index contributed by atoms with van der Waals surface area (Å²) in [4.78, 5) is 162. The Morgan fingerprint density at radius 2 is 0.779 bits per heavy atom. The van der Waals surface area contributed by atoms with Crippen molar-refractivity contribution in [3.63, 3.8) is 0 Å². The summed E-state index contributed by atoms with van der Waals surface area (Å²) in [5.74, 6) is 0.708. The normalized spacial score (nSPS) is 19.4. The molecule has 37 heteroatoms. The number of amides is 4. The Kier molecular flexibility index (Phi) is 30.5.